The van der Waals surface area contributed by atoms with Crippen LogP contribution in [-0.2, 0) is 15.1 Å². The molecule has 0 bridgehead atoms. The Hall–Kier alpha value is -0.870. The Kier molecular flexibility index (Phi) is 4.13. The Balaban J connectivity index is 1.85. The van der Waals surface area contributed by atoms with Crippen LogP contribution in [0.15, 0.2) is 28.7 Å². The molecular weight excluding hydrogens is 318 g/mol. The van der Waals surface area contributed by atoms with Crippen LogP contribution in [0.3, 0.4) is 0 Å². The van der Waals surface area contributed by atoms with Gasteiger partial charge in [-0.3, -0.25) is 4.79 Å². The minimum Gasteiger partial charge on any atom is -0.381 e. The molecule has 0 unspecified atom stereocenters. The standard InChI is InChI=1S/C16H20BrNO2/c17-14-6-2-5-13(11-14)16(7-9-20-10-8-16)18-15(19)12-3-1-4-12/h2,5-6,11-12H,1,3-4,7-10H2,(H,18,19). The number of ether oxygens (including phenoxy) is 1. The maximum atomic E-state index is 12.4. The molecule has 3 nitrogen and oxygen atoms in total. The summed E-state index contributed by atoms with van der Waals surface area (Å²) < 4.78 is 6.55. The largest absolute Gasteiger partial charge is 0.381 e. The molecule has 4 heteroatoms. The second-order valence-corrected chi connectivity index (χ2v) is 6.74. The molecule has 1 saturated heterocycles. The van der Waals surface area contributed by atoms with Crippen LogP contribution >= 0.6 is 15.9 Å². The highest BCUT2D eigenvalue weighted by atomic mass is 79.9. The van der Waals surface area contributed by atoms with E-state index < -0.39 is 0 Å². The van der Waals surface area contributed by atoms with E-state index in [0.29, 0.717) is 13.2 Å². The first kappa shape index (κ1) is 14.1. The first-order chi connectivity index (χ1) is 9.70. The molecule has 0 aromatic heterocycles. The maximum Gasteiger partial charge on any atom is 0.223 e. The summed E-state index contributed by atoms with van der Waals surface area (Å²) in [4.78, 5) is 12.4. The van der Waals surface area contributed by atoms with Gasteiger partial charge in [0.05, 0.1) is 5.54 Å². The topological polar surface area (TPSA) is 38.3 Å². The van der Waals surface area contributed by atoms with Crippen molar-refractivity contribution in [2.75, 3.05) is 13.2 Å². The molecule has 20 heavy (non-hydrogen) atoms. The van der Waals surface area contributed by atoms with Crippen LogP contribution in [0.4, 0.5) is 0 Å². The van der Waals surface area contributed by atoms with E-state index in [1.165, 1.54) is 12.0 Å². The summed E-state index contributed by atoms with van der Waals surface area (Å²) >= 11 is 3.53. The fourth-order valence-corrected chi connectivity index (χ4v) is 3.40. The van der Waals surface area contributed by atoms with Crippen LogP contribution < -0.4 is 5.32 Å². The molecule has 1 aromatic carbocycles. The average molecular weight is 338 g/mol. The molecule has 1 aliphatic heterocycles. The maximum absolute atomic E-state index is 12.4. The number of carbonyl (C=O) groups is 1. The summed E-state index contributed by atoms with van der Waals surface area (Å²) in [7, 11) is 0. The lowest BCUT2D eigenvalue weighted by Crippen LogP contribution is -2.52. The molecule has 1 aliphatic carbocycles. The third kappa shape index (κ3) is 2.77. The van der Waals surface area contributed by atoms with Gasteiger partial charge in [0, 0.05) is 23.6 Å². The smallest absolute Gasteiger partial charge is 0.223 e. The zero-order chi connectivity index (χ0) is 14.0. The van der Waals surface area contributed by atoms with Crippen molar-refractivity contribution in [2.24, 2.45) is 5.92 Å². The monoisotopic (exact) mass is 337 g/mol. The first-order valence-corrected chi connectivity index (χ1v) is 8.15. The molecule has 0 radical (unpaired) electrons. The Morgan fingerprint density at radius 1 is 1.30 bits per heavy atom. The number of halogens is 1. The minimum atomic E-state index is -0.255. The molecule has 2 aliphatic rings. The number of rotatable bonds is 3. The molecule has 108 valence electrons. The summed E-state index contributed by atoms with van der Waals surface area (Å²) in [6.07, 6.45) is 4.96. The van der Waals surface area contributed by atoms with Gasteiger partial charge in [-0.15, -0.1) is 0 Å². The minimum absolute atomic E-state index is 0.220. The lowest BCUT2D eigenvalue weighted by Gasteiger charge is -2.40. The zero-order valence-electron chi connectivity index (χ0n) is 11.5. The van der Waals surface area contributed by atoms with Crippen molar-refractivity contribution in [2.45, 2.75) is 37.6 Å². The van der Waals surface area contributed by atoms with E-state index in [1.807, 2.05) is 12.1 Å². The molecule has 1 aromatic rings. The third-order valence-corrected chi connectivity index (χ3v) is 5.06. The first-order valence-electron chi connectivity index (χ1n) is 7.35. The molecule has 3 rings (SSSR count). The van der Waals surface area contributed by atoms with Crippen LogP contribution in [0.1, 0.15) is 37.7 Å². The molecule has 0 spiro atoms. The van der Waals surface area contributed by atoms with E-state index in [4.69, 9.17) is 4.74 Å². The zero-order valence-corrected chi connectivity index (χ0v) is 13.1. The van der Waals surface area contributed by atoms with Gasteiger partial charge in [0.15, 0.2) is 0 Å². The van der Waals surface area contributed by atoms with Crippen molar-refractivity contribution in [3.8, 4) is 0 Å². The Morgan fingerprint density at radius 2 is 2.05 bits per heavy atom. The van der Waals surface area contributed by atoms with Gasteiger partial charge in [-0.1, -0.05) is 34.5 Å². The fraction of sp³-hybridized carbons (Fsp3) is 0.562. The predicted octanol–water partition coefficient (Wildman–Crippen LogP) is 3.37. The van der Waals surface area contributed by atoms with Crippen LogP contribution in [0, 0.1) is 5.92 Å². The Bertz CT molecular complexity index is 493. The summed E-state index contributed by atoms with van der Waals surface area (Å²) in [6, 6.07) is 8.28. The van der Waals surface area contributed by atoms with Gasteiger partial charge in [-0.2, -0.15) is 0 Å². The Morgan fingerprint density at radius 3 is 2.65 bits per heavy atom. The molecule has 1 heterocycles. The van der Waals surface area contributed by atoms with Crippen molar-refractivity contribution in [1.82, 2.24) is 5.32 Å². The van der Waals surface area contributed by atoms with Gasteiger partial charge in [0.2, 0.25) is 5.91 Å². The quantitative estimate of drug-likeness (QED) is 0.918. The second kappa shape index (κ2) is 5.86. The van der Waals surface area contributed by atoms with E-state index in [1.54, 1.807) is 0 Å². The molecular formula is C16H20BrNO2. The number of hydrogen-bond donors (Lipinski definition) is 1. The van der Waals surface area contributed by atoms with Crippen LogP contribution in [0.25, 0.3) is 0 Å². The SMILES string of the molecule is O=C(NC1(c2cccc(Br)c2)CCOCC1)C1CCC1. The molecule has 1 amide bonds. The number of carbonyl (C=O) groups excluding carboxylic acids is 1. The van der Waals surface area contributed by atoms with Gasteiger partial charge >= 0.3 is 0 Å². The van der Waals surface area contributed by atoms with E-state index in [9.17, 15) is 4.79 Å². The lowest BCUT2D eigenvalue weighted by atomic mass is 9.79. The highest BCUT2D eigenvalue weighted by Gasteiger charge is 2.38. The highest BCUT2D eigenvalue weighted by molar-refractivity contribution is 9.10. The number of benzene rings is 1. The lowest BCUT2D eigenvalue weighted by molar-refractivity contribution is -0.131. The third-order valence-electron chi connectivity index (χ3n) is 4.56. The van der Waals surface area contributed by atoms with E-state index >= 15 is 0 Å². The van der Waals surface area contributed by atoms with E-state index in [-0.39, 0.29) is 17.4 Å². The highest BCUT2D eigenvalue weighted by Crippen LogP contribution is 2.35. The predicted molar refractivity (Wildman–Crippen MR) is 81.4 cm³/mol. The van der Waals surface area contributed by atoms with Crippen LogP contribution in [0.2, 0.25) is 0 Å². The number of amides is 1. The summed E-state index contributed by atoms with van der Waals surface area (Å²) in [5.74, 6) is 0.444. The second-order valence-electron chi connectivity index (χ2n) is 5.82. The van der Waals surface area contributed by atoms with Gasteiger partial charge < -0.3 is 10.1 Å². The number of nitrogens with one attached hydrogen (secondary N) is 1. The summed E-state index contributed by atoms with van der Waals surface area (Å²) in [5, 5.41) is 3.34. The molecule has 0 atom stereocenters. The van der Waals surface area contributed by atoms with Gasteiger partial charge in [0.1, 0.15) is 0 Å². The fourth-order valence-electron chi connectivity index (χ4n) is 3.00. The normalized spacial score (nSPS) is 22.1. The van der Waals surface area contributed by atoms with Gasteiger partial charge in [-0.25, -0.2) is 0 Å². The summed E-state index contributed by atoms with van der Waals surface area (Å²) in [5.41, 5.74) is 0.928. The summed E-state index contributed by atoms with van der Waals surface area (Å²) in [6.45, 7) is 1.41. The average Bonchev–Trinajstić information content (AvgIpc) is 2.37. The van der Waals surface area contributed by atoms with E-state index in [0.717, 1.165) is 30.2 Å². The van der Waals surface area contributed by atoms with Crippen molar-refractivity contribution < 1.29 is 9.53 Å². The van der Waals surface area contributed by atoms with Gasteiger partial charge in [0.25, 0.3) is 0 Å². The molecule has 1 saturated carbocycles. The molecule has 1 N–H and O–H groups in total. The molecule has 2 fully saturated rings. The van der Waals surface area contributed by atoms with Crippen LogP contribution in [0.5, 0.6) is 0 Å². The van der Waals surface area contributed by atoms with Crippen LogP contribution in [-0.4, -0.2) is 19.1 Å². The van der Waals surface area contributed by atoms with Crippen molar-refractivity contribution in [3.63, 3.8) is 0 Å². The number of hydrogen-bond acceptors (Lipinski definition) is 2. The van der Waals surface area contributed by atoms with Crippen molar-refractivity contribution >= 4 is 21.8 Å². The Labute approximate surface area is 128 Å². The van der Waals surface area contributed by atoms with Crippen molar-refractivity contribution in [1.29, 1.82) is 0 Å². The van der Waals surface area contributed by atoms with Gasteiger partial charge in [-0.05, 0) is 43.4 Å². The van der Waals surface area contributed by atoms with Crippen molar-refractivity contribution in [3.05, 3.63) is 34.3 Å². The van der Waals surface area contributed by atoms with E-state index in [2.05, 4.69) is 33.4 Å².